The van der Waals surface area contributed by atoms with Crippen LogP contribution in [0.4, 0.5) is 10.1 Å². The molecule has 1 N–H and O–H groups in total. The highest BCUT2D eigenvalue weighted by molar-refractivity contribution is 5.95. The fourth-order valence-electron chi connectivity index (χ4n) is 2.56. The molecule has 0 bridgehead atoms. The minimum absolute atomic E-state index is 0.270. The van der Waals surface area contributed by atoms with E-state index in [4.69, 9.17) is 4.74 Å². The Hall–Kier alpha value is -1.58. The quantitative estimate of drug-likeness (QED) is 0.668. The largest absolute Gasteiger partial charge is 0.465 e. The highest BCUT2D eigenvalue weighted by atomic mass is 19.1. The van der Waals surface area contributed by atoms with Crippen molar-refractivity contribution >= 4 is 11.7 Å². The average molecular weight is 265 g/mol. The van der Waals surface area contributed by atoms with E-state index < -0.39 is 11.8 Å². The zero-order chi connectivity index (χ0) is 13.7. The first-order chi connectivity index (χ1) is 9.20. The molecule has 0 heterocycles. The molecule has 1 saturated carbocycles. The summed E-state index contributed by atoms with van der Waals surface area (Å²) < 4.78 is 18.0. The lowest BCUT2D eigenvalue weighted by Crippen LogP contribution is -2.20. The van der Waals surface area contributed by atoms with Crippen LogP contribution in [0.5, 0.6) is 0 Å². The Morgan fingerprint density at radius 2 is 1.95 bits per heavy atom. The fourth-order valence-corrected chi connectivity index (χ4v) is 2.56. The van der Waals surface area contributed by atoms with Gasteiger partial charge in [0.1, 0.15) is 5.82 Å². The third-order valence-electron chi connectivity index (χ3n) is 3.60. The maximum absolute atomic E-state index is 13.3. The molecule has 19 heavy (non-hydrogen) atoms. The van der Waals surface area contributed by atoms with Gasteiger partial charge in [-0.1, -0.05) is 25.7 Å². The molecule has 0 amide bonds. The van der Waals surface area contributed by atoms with E-state index in [-0.39, 0.29) is 5.56 Å². The lowest BCUT2D eigenvalue weighted by molar-refractivity contribution is 0.0601. The van der Waals surface area contributed by atoms with Crippen molar-refractivity contribution < 1.29 is 13.9 Å². The predicted octanol–water partition coefficient (Wildman–Crippen LogP) is 3.75. The monoisotopic (exact) mass is 265 g/mol. The molecule has 0 aromatic heterocycles. The molecule has 1 fully saturated rings. The molecule has 0 atom stereocenters. The number of nitrogens with one attached hydrogen (secondary N) is 1. The van der Waals surface area contributed by atoms with Crippen LogP contribution in [0.1, 0.15) is 48.9 Å². The number of ether oxygens (including phenoxy) is 1. The van der Waals surface area contributed by atoms with Crippen LogP contribution >= 0.6 is 0 Å². The van der Waals surface area contributed by atoms with Gasteiger partial charge in [-0.3, -0.25) is 0 Å². The van der Waals surface area contributed by atoms with Crippen molar-refractivity contribution in [2.75, 3.05) is 12.4 Å². The van der Waals surface area contributed by atoms with Crippen LogP contribution in [0.25, 0.3) is 0 Å². The summed E-state index contributed by atoms with van der Waals surface area (Å²) in [7, 11) is 1.31. The van der Waals surface area contributed by atoms with Crippen LogP contribution in [0.2, 0.25) is 0 Å². The molecule has 1 aliphatic carbocycles. The van der Waals surface area contributed by atoms with Gasteiger partial charge in [-0.25, -0.2) is 9.18 Å². The SMILES string of the molecule is COC(=O)c1cc(F)ccc1NC1CCCCCC1. The van der Waals surface area contributed by atoms with E-state index >= 15 is 0 Å². The number of carbonyl (C=O) groups excluding carboxylic acids is 1. The van der Waals surface area contributed by atoms with Gasteiger partial charge in [-0.15, -0.1) is 0 Å². The van der Waals surface area contributed by atoms with Crippen LogP contribution < -0.4 is 5.32 Å². The molecule has 104 valence electrons. The lowest BCUT2D eigenvalue weighted by atomic mass is 10.1. The van der Waals surface area contributed by atoms with E-state index in [1.807, 2.05) is 0 Å². The molecule has 1 aromatic carbocycles. The predicted molar refractivity (Wildman–Crippen MR) is 72.9 cm³/mol. The number of benzene rings is 1. The van der Waals surface area contributed by atoms with Gasteiger partial charge in [-0.2, -0.15) is 0 Å². The molecule has 0 unspecified atom stereocenters. The summed E-state index contributed by atoms with van der Waals surface area (Å²) in [6.45, 7) is 0. The summed E-state index contributed by atoms with van der Waals surface area (Å²) in [6.07, 6.45) is 7.13. The Morgan fingerprint density at radius 3 is 2.58 bits per heavy atom. The molecule has 4 heteroatoms. The maximum atomic E-state index is 13.3. The summed E-state index contributed by atoms with van der Waals surface area (Å²) in [4.78, 5) is 11.7. The highest BCUT2D eigenvalue weighted by Gasteiger charge is 2.17. The van der Waals surface area contributed by atoms with Crippen LogP contribution in [0, 0.1) is 5.82 Å². The van der Waals surface area contributed by atoms with Crippen molar-refractivity contribution in [2.24, 2.45) is 0 Å². The van der Waals surface area contributed by atoms with E-state index in [1.165, 1.54) is 44.9 Å². The standard InChI is InChI=1S/C15H20FNO2/c1-19-15(18)13-10-11(16)8-9-14(13)17-12-6-4-2-3-5-7-12/h8-10,12,17H,2-7H2,1H3. The zero-order valence-electron chi connectivity index (χ0n) is 11.2. The number of methoxy groups -OCH3 is 1. The van der Waals surface area contributed by atoms with Gasteiger partial charge in [0, 0.05) is 11.7 Å². The molecule has 0 radical (unpaired) electrons. The van der Waals surface area contributed by atoms with Crippen molar-refractivity contribution in [3.8, 4) is 0 Å². The molecule has 3 nitrogen and oxygen atoms in total. The fraction of sp³-hybridized carbons (Fsp3) is 0.533. The Labute approximate surface area is 113 Å². The van der Waals surface area contributed by atoms with Gasteiger partial charge >= 0.3 is 5.97 Å². The minimum Gasteiger partial charge on any atom is -0.465 e. The smallest absolute Gasteiger partial charge is 0.340 e. The Bertz CT molecular complexity index is 440. The van der Waals surface area contributed by atoms with Gasteiger partial charge < -0.3 is 10.1 Å². The van der Waals surface area contributed by atoms with Gasteiger partial charge in [0.25, 0.3) is 0 Å². The van der Waals surface area contributed by atoms with E-state index in [0.717, 1.165) is 12.8 Å². The number of anilines is 1. The van der Waals surface area contributed by atoms with Gasteiger partial charge in [0.2, 0.25) is 0 Å². The molecule has 0 spiro atoms. The normalized spacial score (nSPS) is 16.7. The molecule has 2 rings (SSSR count). The molecular formula is C15H20FNO2. The molecular weight excluding hydrogens is 245 g/mol. The molecule has 0 aliphatic heterocycles. The van der Waals surface area contributed by atoms with Crippen molar-refractivity contribution in [2.45, 2.75) is 44.6 Å². The summed E-state index contributed by atoms with van der Waals surface area (Å²) in [6, 6.07) is 4.57. The summed E-state index contributed by atoms with van der Waals surface area (Å²) in [5.74, 6) is -0.928. The molecule has 1 aromatic rings. The number of hydrogen-bond donors (Lipinski definition) is 1. The van der Waals surface area contributed by atoms with E-state index in [9.17, 15) is 9.18 Å². The van der Waals surface area contributed by atoms with Gasteiger partial charge in [0.15, 0.2) is 0 Å². The molecule has 1 aliphatic rings. The van der Waals surface area contributed by atoms with Gasteiger partial charge in [-0.05, 0) is 31.0 Å². The Balaban J connectivity index is 2.16. The summed E-state index contributed by atoms with van der Waals surface area (Å²) >= 11 is 0. The second-order valence-corrected chi connectivity index (χ2v) is 5.01. The third kappa shape index (κ3) is 3.69. The topological polar surface area (TPSA) is 38.3 Å². The van der Waals surface area contributed by atoms with Crippen LogP contribution in [-0.2, 0) is 4.74 Å². The van der Waals surface area contributed by atoms with Crippen LogP contribution in [0.15, 0.2) is 18.2 Å². The first-order valence-electron chi connectivity index (χ1n) is 6.85. The highest BCUT2D eigenvalue weighted by Crippen LogP contribution is 2.24. The number of esters is 1. The van der Waals surface area contributed by atoms with Crippen molar-refractivity contribution in [1.82, 2.24) is 0 Å². The number of halogens is 1. The van der Waals surface area contributed by atoms with Crippen molar-refractivity contribution in [1.29, 1.82) is 0 Å². The van der Waals surface area contributed by atoms with Gasteiger partial charge in [0.05, 0.1) is 12.7 Å². The molecule has 0 saturated heterocycles. The van der Waals surface area contributed by atoms with Crippen LogP contribution in [0.3, 0.4) is 0 Å². The Morgan fingerprint density at radius 1 is 1.26 bits per heavy atom. The minimum atomic E-state index is -0.504. The third-order valence-corrected chi connectivity index (χ3v) is 3.60. The summed E-state index contributed by atoms with van der Waals surface area (Å²) in [5.41, 5.74) is 0.937. The number of carbonyl (C=O) groups is 1. The number of hydrogen-bond acceptors (Lipinski definition) is 3. The van der Waals surface area contributed by atoms with Crippen LogP contribution in [-0.4, -0.2) is 19.1 Å². The maximum Gasteiger partial charge on any atom is 0.340 e. The number of rotatable bonds is 3. The first-order valence-corrected chi connectivity index (χ1v) is 6.85. The zero-order valence-corrected chi connectivity index (χ0v) is 11.2. The second-order valence-electron chi connectivity index (χ2n) is 5.01. The van der Waals surface area contributed by atoms with Crippen molar-refractivity contribution in [3.05, 3.63) is 29.6 Å². The van der Waals surface area contributed by atoms with E-state index in [1.54, 1.807) is 6.07 Å². The lowest BCUT2D eigenvalue weighted by Gasteiger charge is -2.19. The second kappa shape index (κ2) is 6.55. The van der Waals surface area contributed by atoms with Crippen molar-refractivity contribution in [3.63, 3.8) is 0 Å². The summed E-state index contributed by atoms with van der Waals surface area (Å²) in [5, 5.41) is 3.36. The Kier molecular flexibility index (Phi) is 4.77. The van der Waals surface area contributed by atoms with E-state index in [2.05, 4.69) is 5.32 Å². The first kappa shape index (κ1) is 13.8. The average Bonchev–Trinajstić information content (AvgIpc) is 2.68. The van der Waals surface area contributed by atoms with E-state index in [0.29, 0.717) is 11.7 Å².